The molecule has 3 aromatic rings. The molecule has 0 aliphatic carbocycles. The minimum atomic E-state index is -0.235. The molecule has 0 atom stereocenters. The molecule has 1 heterocycles. The fourth-order valence-corrected chi connectivity index (χ4v) is 2.93. The number of para-hydroxylation sites is 1. The van der Waals surface area contributed by atoms with Crippen LogP contribution in [0, 0.1) is 13.8 Å². The van der Waals surface area contributed by atoms with E-state index in [1.165, 1.54) is 4.57 Å². The summed E-state index contributed by atoms with van der Waals surface area (Å²) in [4.78, 5) is 29.8. The maximum atomic E-state index is 12.8. The summed E-state index contributed by atoms with van der Waals surface area (Å²) in [5.74, 6) is 0.375. The molecule has 0 radical (unpaired) electrons. The van der Waals surface area contributed by atoms with Gasteiger partial charge in [-0.05, 0) is 37.6 Å². The van der Waals surface area contributed by atoms with E-state index in [2.05, 4.69) is 10.3 Å². The number of benzene rings is 2. The second-order valence-corrected chi connectivity index (χ2v) is 6.16. The van der Waals surface area contributed by atoms with Gasteiger partial charge in [-0.3, -0.25) is 14.2 Å². The van der Waals surface area contributed by atoms with Gasteiger partial charge in [-0.2, -0.15) is 0 Å². The van der Waals surface area contributed by atoms with E-state index in [9.17, 15) is 9.59 Å². The molecular formula is C20H21N3O2. The average molecular weight is 335 g/mol. The van der Waals surface area contributed by atoms with Crippen LogP contribution in [0.2, 0.25) is 0 Å². The molecule has 0 saturated carbocycles. The Balaban J connectivity index is 1.93. The van der Waals surface area contributed by atoms with Gasteiger partial charge < -0.3 is 5.32 Å². The number of nitrogens with one attached hydrogen (secondary N) is 1. The summed E-state index contributed by atoms with van der Waals surface area (Å²) in [5.41, 5.74) is 3.37. The largest absolute Gasteiger partial charge is 0.324 e. The third-order valence-corrected chi connectivity index (χ3v) is 4.21. The van der Waals surface area contributed by atoms with Crippen LogP contribution in [0.1, 0.15) is 23.9 Å². The second-order valence-electron chi connectivity index (χ2n) is 6.16. The van der Waals surface area contributed by atoms with E-state index >= 15 is 0 Å². The van der Waals surface area contributed by atoms with Crippen LogP contribution in [0.4, 0.5) is 5.69 Å². The van der Waals surface area contributed by atoms with Crippen LogP contribution in [-0.4, -0.2) is 15.5 Å². The van der Waals surface area contributed by atoms with Crippen molar-refractivity contribution in [2.45, 2.75) is 33.7 Å². The van der Waals surface area contributed by atoms with Gasteiger partial charge in [0.25, 0.3) is 5.56 Å². The van der Waals surface area contributed by atoms with Crippen LogP contribution < -0.4 is 10.9 Å². The lowest BCUT2D eigenvalue weighted by molar-refractivity contribution is -0.116. The van der Waals surface area contributed by atoms with E-state index in [0.29, 0.717) is 23.1 Å². The number of carbonyl (C=O) groups excluding carboxylic acids is 1. The maximum Gasteiger partial charge on any atom is 0.261 e. The lowest BCUT2D eigenvalue weighted by Gasteiger charge is -2.13. The van der Waals surface area contributed by atoms with Gasteiger partial charge in [0.05, 0.1) is 10.9 Å². The van der Waals surface area contributed by atoms with Gasteiger partial charge in [-0.1, -0.05) is 36.8 Å². The molecule has 0 spiro atoms. The van der Waals surface area contributed by atoms with E-state index in [1.807, 2.05) is 51.1 Å². The monoisotopic (exact) mass is 335 g/mol. The summed E-state index contributed by atoms with van der Waals surface area (Å²) in [6.07, 6.45) is 0.580. The summed E-state index contributed by atoms with van der Waals surface area (Å²) in [7, 11) is 0. The fourth-order valence-electron chi connectivity index (χ4n) is 2.93. The Labute approximate surface area is 146 Å². The topological polar surface area (TPSA) is 64.0 Å². The van der Waals surface area contributed by atoms with E-state index in [1.54, 1.807) is 12.1 Å². The normalized spacial score (nSPS) is 10.8. The Morgan fingerprint density at radius 2 is 1.92 bits per heavy atom. The maximum absolute atomic E-state index is 12.8. The van der Waals surface area contributed by atoms with Gasteiger partial charge in [-0.25, -0.2) is 4.98 Å². The third kappa shape index (κ3) is 3.45. The number of fused-ring (bicyclic) bond motifs is 1. The van der Waals surface area contributed by atoms with Crippen LogP contribution >= 0.6 is 0 Å². The van der Waals surface area contributed by atoms with Crippen LogP contribution in [0.15, 0.2) is 47.3 Å². The second kappa shape index (κ2) is 6.89. The summed E-state index contributed by atoms with van der Waals surface area (Å²) >= 11 is 0. The quantitative estimate of drug-likeness (QED) is 0.796. The summed E-state index contributed by atoms with van der Waals surface area (Å²) in [6.45, 7) is 5.83. The predicted molar refractivity (Wildman–Crippen MR) is 99.9 cm³/mol. The van der Waals surface area contributed by atoms with E-state index in [0.717, 1.165) is 16.8 Å². The highest BCUT2D eigenvalue weighted by molar-refractivity contribution is 5.91. The number of amides is 1. The minimum Gasteiger partial charge on any atom is -0.324 e. The molecular weight excluding hydrogens is 314 g/mol. The zero-order valence-corrected chi connectivity index (χ0v) is 14.7. The van der Waals surface area contributed by atoms with Crippen LogP contribution in [-0.2, 0) is 17.8 Å². The Morgan fingerprint density at radius 3 is 2.64 bits per heavy atom. The van der Waals surface area contributed by atoms with Crippen molar-refractivity contribution in [2.24, 2.45) is 0 Å². The van der Waals surface area contributed by atoms with Gasteiger partial charge in [0, 0.05) is 12.1 Å². The molecule has 0 aliphatic rings. The first-order valence-electron chi connectivity index (χ1n) is 8.35. The first kappa shape index (κ1) is 16.9. The van der Waals surface area contributed by atoms with Crippen molar-refractivity contribution in [1.29, 1.82) is 0 Å². The van der Waals surface area contributed by atoms with Crippen molar-refractivity contribution in [3.8, 4) is 0 Å². The number of carbonyl (C=O) groups is 1. The zero-order valence-electron chi connectivity index (χ0n) is 14.7. The standard InChI is InChI=1S/C20H21N3O2/c1-4-18-21-17-8-6-5-7-15(17)20(25)23(18)12-19(24)22-16-10-9-13(2)11-14(16)3/h5-11H,4,12H2,1-3H3,(H,22,24). The van der Waals surface area contributed by atoms with Crippen molar-refractivity contribution in [3.63, 3.8) is 0 Å². The van der Waals surface area contributed by atoms with Crippen molar-refractivity contribution < 1.29 is 4.79 Å². The highest BCUT2D eigenvalue weighted by Gasteiger charge is 2.13. The first-order valence-corrected chi connectivity index (χ1v) is 8.35. The molecule has 3 rings (SSSR count). The number of rotatable bonds is 4. The SMILES string of the molecule is CCc1nc2ccccc2c(=O)n1CC(=O)Nc1ccc(C)cc1C. The Kier molecular flexibility index (Phi) is 4.65. The lowest BCUT2D eigenvalue weighted by atomic mass is 10.1. The van der Waals surface area contributed by atoms with Crippen molar-refractivity contribution in [2.75, 3.05) is 5.32 Å². The highest BCUT2D eigenvalue weighted by atomic mass is 16.2. The van der Waals surface area contributed by atoms with E-state index < -0.39 is 0 Å². The molecule has 5 heteroatoms. The van der Waals surface area contributed by atoms with Crippen molar-refractivity contribution >= 4 is 22.5 Å². The van der Waals surface area contributed by atoms with Crippen LogP contribution in [0.5, 0.6) is 0 Å². The van der Waals surface area contributed by atoms with Gasteiger partial charge in [-0.15, -0.1) is 0 Å². The van der Waals surface area contributed by atoms with Gasteiger partial charge >= 0.3 is 0 Å². The van der Waals surface area contributed by atoms with Crippen LogP contribution in [0.3, 0.4) is 0 Å². The number of anilines is 1. The van der Waals surface area contributed by atoms with Crippen LogP contribution in [0.25, 0.3) is 10.9 Å². The molecule has 0 unspecified atom stereocenters. The lowest BCUT2D eigenvalue weighted by Crippen LogP contribution is -2.31. The average Bonchev–Trinajstić information content (AvgIpc) is 2.59. The number of hydrogen-bond donors (Lipinski definition) is 1. The number of aromatic nitrogens is 2. The predicted octanol–water partition coefficient (Wildman–Crippen LogP) is 3.21. The number of hydrogen-bond acceptors (Lipinski definition) is 3. The summed E-state index contributed by atoms with van der Waals surface area (Å²) in [6, 6.07) is 13.0. The van der Waals surface area contributed by atoms with Crippen molar-refractivity contribution in [1.82, 2.24) is 9.55 Å². The molecule has 2 aromatic carbocycles. The Hall–Kier alpha value is -2.95. The molecule has 5 nitrogen and oxygen atoms in total. The molecule has 1 amide bonds. The van der Waals surface area contributed by atoms with E-state index in [4.69, 9.17) is 0 Å². The van der Waals surface area contributed by atoms with E-state index in [-0.39, 0.29) is 18.0 Å². The fraction of sp³-hybridized carbons (Fsp3) is 0.250. The summed E-state index contributed by atoms with van der Waals surface area (Å²) < 4.78 is 1.46. The van der Waals surface area contributed by atoms with Gasteiger partial charge in [0.1, 0.15) is 12.4 Å². The molecule has 1 aromatic heterocycles. The number of aryl methyl sites for hydroxylation is 3. The Morgan fingerprint density at radius 1 is 1.16 bits per heavy atom. The molecule has 1 N–H and O–H groups in total. The first-order chi connectivity index (χ1) is 12.0. The van der Waals surface area contributed by atoms with Gasteiger partial charge in [0.2, 0.25) is 5.91 Å². The molecule has 128 valence electrons. The van der Waals surface area contributed by atoms with Crippen molar-refractivity contribution in [3.05, 3.63) is 69.8 Å². The smallest absolute Gasteiger partial charge is 0.261 e. The molecule has 0 bridgehead atoms. The molecule has 0 saturated heterocycles. The number of nitrogens with zero attached hydrogens (tertiary/aromatic N) is 2. The highest BCUT2D eigenvalue weighted by Crippen LogP contribution is 2.16. The molecule has 0 aliphatic heterocycles. The summed E-state index contributed by atoms with van der Waals surface area (Å²) in [5, 5.41) is 3.41. The zero-order chi connectivity index (χ0) is 18.0. The third-order valence-electron chi connectivity index (χ3n) is 4.21. The molecule has 25 heavy (non-hydrogen) atoms. The Bertz CT molecular complexity index is 1010. The van der Waals surface area contributed by atoms with Gasteiger partial charge in [0.15, 0.2) is 0 Å². The molecule has 0 fully saturated rings. The minimum absolute atomic E-state index is 0.0485.